The number of halogens is 2. The van der Waals surface area contributed by atoms with Crippen molar-refractivity contribution in [3.63, 3.8) is 0 Å². The average Bonchev–Trinajstić information content (AvgIpc) is 3.00. The Hall–Kier alpha value is -0.230. The van der Waals surface area contributed by atoms with Crippen LogP contribution in [0.3, 0.4) is 0 Å². The van der Waals surface area contributed by atoms with E-state index in [9.17, 15) is 5.11 Å². The van der Waals surface area contributed by atoms with Crippen molar-refractivity contribution >= 4 is 45.5 Å². The molecule has 3 rings (SSSR count). The van der Waals surface area contributed by atoms with Crippen LogP contribution in [0, 0.1) is 0 Å². The molecule has 2 atom stereocenters. The maximum Gasteiger partial charge on any atom is 0.178 e. The largest absolute Gasteiger partial charge is 0.366 e. The summed E-state index contributed by atoms with van der Waals surface area (Å²) in [5.74, 6) is 0. The van der Waals surface area contributed by atoms with Crippen LogP contribution in [0.15, 0.2) is 29.3 Å². The third-order valence-electron chi connectivity index (χ3n) is 4.00. The maximum absolute atomic E-state index is 11.4. The maximum atomic E-state index is 11.4. The highest BCUT2D eigenvalue weighted by Gasteiger charge is 2.53. The van der Waals surface area contributed by atoms with Gasteiger partial charge in [0.2, 0.25) is 0 Å². The van der Waals surface area contributed by atoms with Gasteiger partial charge < -0.3 is 10.0 Å². The Kier molecular flexibility index (Phi) is 5.63. The molecule has 2 aliphatic rings. The number of unbranched alkanes of at least 4 members (excludes halogenated alkanes) is 1. The topological polar surface area (TPSA) is 35.8 Å². The lowest BCUT2D eigenvalue weighted by molar-refractivity contribution is -0.0674. The molecule has 0 radical (unpaired) electrons. The summed E-state index contributed by atoms with van der Waals surface area (Å²) in [5, 5.41) is 13.2. The first-order valence-electron chi connectivity index (χ1n) is 7.13. The van der Waals surface area contributed by atoms with Gasteiger partial charge in [-0.3, -0.25) is 4.99 Å². The third kappa shape index (κ3) is 2.98. The van der Waals surface area contributed by atoms with E-state index < -0.39 is 5.72 Å². The first kappa shape index (κ1) is 17.1. The van der Waals surface area contributed by atoms with Gasteiger partial charge in [-0.25, -0.2) is 0 Å². The van der Waals surface area contributed by atoms with Crippen molar-refractivity contribution < 1.29 is 5.11 Å². The summed E-state index contributed by atoms with van der Waals surface area (Å²) in [7, 11) is 0. The van der Waals surface area contributed by atoms with Gasteiger partial charge >= 0.3 is 0 Å². The zero-order chi connectivity index (χ0) is 14.2. The number of nitrogens with zero attached hydrogens (tertiary/aromatic N) is 2. The van der Waals surface area contributed by atoms with Gasteiger partial charge in [0.15, 0.2) is 10.9 Å². The van der Waals surface area contributed by atoms with Gasteiger partial charge in [-0.1, -0.05) is 55.3 Å². The van der Waals surface area contributed by atoms with E-state index in [4.69, 9.17) is 11.6 Å². The molecule has 0 spiro atoms. The normalized spacial score (nSPS) is 27.3. The molecule has 0 bridgehead atoms. The fraction of sp³-hybridized carbons (Fsp3) is 0.533. The van der Waals surface area contributed by atoms with Gasteiger partial charge in [-0.05, 0) is 18.6 Å². The number of rotatable bonds is 4. The Labute approximate surface area is 145 Å². The summed E-state index contributed by atoms with van der Waals surface area (Å²) in [6.45, 7) is 3.75. The molecule has 3 nitrogen and oxygen atoms in total. The van der Waals surface area contributed by atoms with Crippen LogP contribution >= 0.6 is 40.3 Å². The minimum Gasteiger partial charge on any atom is -0.366 e. The summed E-state index contributed by atoms with van der Waals surface area (Å²) >= 11 is 7.69. The van der Waals surface area contributed by atoms with Gasteiger partial charge in [0.1, 0.15) is 0 Å². The van der Waals surface area contributed by atoms with Gasteiger partial charge in [0.25, 0.3) is 0 Å². The Morgan fingerprint density at radius 1 is 1.43 bits per heavy atom. The Morgan fingerprint density at radius 3 is 2.81 bits per heavy atom. The van der Waals surface area contributed by atoms with Crippen LogP contribution in [0.4, 0.5) is 0 Å². The highest BCUT2D eigenvalue weighted by Crippen LogP contribution is 2.48. The molecule has 1 saturated heterocycles. The smallest absolute Gasteiger partial charge is 0.178 e. The number of fused-ring (bicyclic) bond motifs is 1. The van der Waals surface area contributed by atoms with Crippen molar-refractivity contribution in [3.8, 4) is 0 Å². The second-order valence-electron chi connectivity index (χ2n) is 5.30. The first-order valence-corrected chi connectivity index (χ1v) is 8.39. The molecule has 1 N–H and O–H groups in total. The number of hydrogen-bond acceptors (Lipinski definition) is 4. The number of amidine groups is 1. The molecule has 0 aromatic heterocycles. The summed E-state index contributed by atoms with van der Waals surface area (Å²) in [4.78, 5) is 6.57. The van der Waals surface area contributed by atoms with Crippen molar-refractivity contribution in [1.82, 2.24) is 4.90 Å². The molecular weight excluding hydrogens is 372 g/mol. The van der Waals surface area contributed by atoms with E-state index in [2.05, 4.69) is 16.8 Å². The molecular formula is C15H20BrClN2OS. The zero-order valence-corrected chi connectivity index (χ0v) is 15.2. The van der Waals surface area contributed by atoms with Crippen molar-refractivity contribution in [2.75, 3.05) is 13.1 Å². The van der Waals surface area contributed by atoms with Crippen molar-refractivity contribution in [1.29, 1.82) is 0 Å². The van der Waals surface area contributed by atoms with E-state index in [0.29, 0.717) is 5.02 Å². The number of aliphatic imine (C=N–C) groups is 1. The fourth-order valence-corrected chi connectivity index (χ4v) is 4.53. The fourth-order valence-electron chi connectivity index (χ4n) is 2.91. The quantitative estimate of drug-likeness (QED) is 0.841. The van der Waals surface area contributed by atoms with Crippen molar-refractivity contribution in [2.45, 2.75) is 37.2 Å². The van der Waals surface area contributed by atoms with Crippen molar-refractivity contribution in [2.24, 2.45) is 4.99 Å². The molecule has 0 amide bonds. The monoisotopic (exact) mass is 390 g/mol. The van der Waals surface area contributed by atoms with Crippen LogP contribution in [0.1, 0.15) is 31.7 Å². The number of aliphatic hydroxyl groups is 1. The Bertz CT molecular complexity index is 525. The molecule has 0 aliphatic carbocycles. The van der Waals surface area contributed by atoms with Gasteiger partial charge in [-0.15, -0.1) is 17.0 Å². The van der Waals surface area contributed by atoms with Crippen LogP contribution in [0.25, 0.3) is 0 Å². The molecule has 2 aliphatic heterocycles. The highest BCUT2D eigenvalue weighted by molar-refractivity contribution is 8.93. The highest BCUT2D eigenvalue weighted by atomic mass is 79.9. The third-order valence-corrected chi connectivity index (χ3v) is 5.66. The number of thioether (sulfide) groups is 1. The van der Waals surface area contributed by atoms with E-state index in [-0.39, 0.29) is 22.2 Å². The lowest BCUT2D eigenvalue weighted by atomic mass is 9.94. The van der Waals surface area contributed by atoms with E-state index in [1.807, 2.05) is 24.3 Å². The Morgan fingerprint density at radius 2 is 2.14 bits per heavy atom. The molecule has 116 valence electrons. The van der Waals surface area contributed by atoms with Crippen molar-refractivity contribution in [3.05, 3.63) is 34.9 Å². The van der Waals surface area contributed by atoms with E-state index in [0.717, 1.165) is 43.1 Å². The molecule has 0 saturated carbocycles. The summed E-state index contributed by atoms with van der Waals surface area (Å²) in [6.07, 6.45) is 3.25. The van der Waals surface area contributed by atoms with Crippen LogP contribution < -0.4 is 0 Å². The molecule has 1 aromatic rings. The van der Waals surface area contributed by atoms with Crippen LogP contribution in [-0.2, 0) is 5.72 Å². The first-order chi connectivity index (χ1) is 9.66. The molecule has 1 aromatic carbocycles. The lowest BCUT2D eigenvalue weighted by Gasteiger charge is -2.36. The predicted molar refractivity (Wildman–Crippen MR) is 95.6 cm³/mol. The standard InChI is InChI=1S/C15H19ClN2OS.BrH/c1-2-3-4-13-15(19,11-5-7-12(16)8-6-11)18-10-9-17-14(18)20-13;/h5-8,13,19H,2-4,9-10H2,1H3;1H. The summed E-state index contributed by atoms with van der Waals surface area (Å²) in [5.41, 5.74) is -0.0256. The van der Waals surface area contributed by atoms with Crippen LogP contribution in [0.5, 0.6) is 0 Å². The number of hydrogen-bond donors (Lipinski definition) is 1. The number of benzene rings is 1. The van der Waals surface area contributed by atoms with E-state index in [1.54, 1.807) is 11.8 Å². The second kappa shape index (κ2) is 6.90. The molecule has 1 fully saturated rings. The predicted octanol–water partition coefficient (Wildman–Crippen LogP) is 4.04. The lowest BCUT2D eigenvalue weighted by Crippen LogP contribution is -2.47. The summed E-state index contributed by atoms with van der Waals surface area (Å²) in [6, 6.07) is 7.56. The average molecular weight is 392 g/mol. The molecule has 2 unspecified atom stereocenters. The van der Waals surface area contributed by atoms with Gasteiger partial charge in [0.05, 0.1) is 11.8 Å². The van der Waals surface area contributed by atoms with Gasteiger partial charge in [0, 0.05) is 17.1 Å². The molecule has 2 heterocycles. The van der Waals surface area contributed by atoms with E-state index >= 15 is 0 Å². The Balaban J connectivity index is 0.00000161. The van der Waals surface area contributed by atoms with Gasteiger partial charge in [-0.2, -0.15) is 0 Å². The molecule has 21 heavy (non-hydrogen) atoms. The van der Waals surface area contributed by atoms with E-state index in [1.165, 1.54) is 0 Å². The SMILES string of the molecule is Br.CCCCC1SC2=NCCN2C1(O)c1ccc(Cl)cc1. The summed E-state index contributed by atoms with van der Waals surface area (Å²) < 4.78 is 0. The second-order valence-corrected chi connectivity index (χ2v) is 6.90. The minimum atomic E-state index is -0.945. The zero-order valence-electron chi connectivity index (χ0n) is 12.0. The molecule has 6 heteroatoms. The van der Waals surface area contributed by atoms with Crippen LogP contribution in [0.2, 0.25) is 5.02 Å². The minimum absolute atomic E-state index is 0. The van der Waals surface area contributed by atoms with Crippen LogP contribution in [-0.4, -0.2) is 33.5 Å².